The number of aryl methyl sites for hydroxylation is 2. The van der Waals surface area contributed by atoms with Crippen LogP contribution in [0.25, 0.3) is 0 Å². The van der Waals surface area contributed by atoms with Crippen LogP contribution in [0.4, 0.5) is 5.69 Å². The van der Waals surface area contributed by atoms with Crippen molar-refractivity contribution >= 4 is 17.6 Å². The number of carbonyl (C=O) groups is 2. The van der Waals surface area contributed by atoms with Crippen LogP contribution in [0.15, 0.2) is 42.5 Å². The lowest BCUT2D eigenvalue weighted by Gasteiger charge is -2.16. The Morgan fingerprint density at radius 2 is 1.50 bits per heavy atom. The molecule has 0 aliphatic heterocycles. The van der Waals surface area contributed by atoms with Gasteiger partial charge in [0.2, 0.25) is 0 Å². The van der Waals surface area contributed by atoms with Crippen molar-refractivity contribution < 1.29 is 19.1 Å². The summed E-state index contributed by atoms with van der Waals surface area (Å²) in [6.07, 6.45) is 0.788. The van der Waals surface area contributed by atoms with E-state index in [0.29, 0.717) is 11.3 Å². The Kier molecular flexibility index (Phi) is 7.61. The Morgan fingerprint density at radius 3 is 2.00 bits per heavy atom. The summed E-state index contributed by atoms with van der Waals surface area (Å²) in [5, 5.41) is 3.04. The van der Waals surface area contributed by atoms with Crippen molar-refractivity contribution in [3.63, 3.8) is 0 Å². The van der Waals surface area contributed by atoms with E-state index < -0.39 is 12.1 Å². The number of ether oxygens (including phenoxy) is 2. The number of anilines is 1. The number of esters is 1. The van der Waals surface area contributed by atoms with Gasteiger partial charge in [0.25, 0.3) is 5.91 Å². The number of carbonyl (C=O) groups excluding carboxylic acids is 2. The van der Waals surface area contributed by atoms with Crippen molar-refractivity contribution in [2.45, 2.75) is 59.7 Å². The zero-order valence-corrected chi connectivity index (χ0v) is 17.2. The van der Waals surface area contributed by atoms with Crippen LogP contribution >= 0.6 is 0 Å². The monoisotopic (exact) mass is 383 g/mol. The molecule has 1 N–H and O–H groups in total. The first-order valence-electron chi connectivity index (χ1n) is 9.75. The minimum Gasteiger partial charge on any atom is -0.479 e. The van der Waals surface area contributed by atoms with Gasteiger partial charge in [-0.3, -0.25) is 4.79 Å². The van der Waals surface area contributed by atoms with Crippen molar-refractivity contribution in [2.75, 3.05) is 5.32 Å². The molecule has 0 aromatic heterocycles. The van der Waals surface area contributed by atoms with Crippen molar-refractivity contribution in [2.24, 2.45) is 0 Å². The third kappa shape index (κ3) is 5.59. The average Bonchev–Trinajstić information content (AvgIpc) is 2.68. The maximum Gasteiger partial charge on any atom is 0.347 e. The van der Waals surface area contributed by atoms with E-state index in [1.54, 1.807) is 45.0 Å². The fourth-order valence-corrected chi connectivity index (χ4v) is 2.85. The minimum absolute atomic E-state index is 0.172. The van der Waals surface area contributed by atoms with Gasteiger partial charge in [-0.2, -0.15) is 0 Å². The normalized spacial score (nSPS) is 11.8. The standard InChI is InChI=1S/C23H29NO4/c1-6-17-9-8-10-18(7-2)21(17)24-22(25)19-11-13-20(14-12-19)28-16(5)23(26)27-15(3)4/h8-16H,6-7H2,1-5H3,(H,24,25)/t16-/m0/s1. The van der Waals surface area contributed by atoms with E-state index in [9.17, 15) is 9.59 Å². The summed E-state index contributed by atoms with van der Waals surface area (Å²) in [5.74, 6) is -0.0811. The minimum atomic E-state index is -0.717. The first-order valence-corrected chi connectivity index (χ1v) is 9.75. The SMILES string of the molecule is CCc1cccc(CC)c1NC(=O)c1ccc(O[C@@H](C)C(=O)OC(C)C)cc1. The molecule has 2 aromatic rings. The molecule has 0 aliphatic carbocycles. The molecule has 0 fully saturated rings. The highest BCUT2D eigenvalue weighted by Crippen LogP contribution is 2.24. The molecular formula is C23H29NO4. The second-order valence-electron chi connectivity index (χ2n) is 6.88. The molecule has 1 amide bonds. The molecule has 150 valence electrons. The molecule has 0 bridgehead atoms. The first-order chi connectivity index (χ1) is 13.3. The highest BCUT2D eigenvalue weighted by molar-refractivity contribution is 6.05. The van der Waals surface area contributed by atoms with Gasteiger partial charge in [-0.1, -0.05) is 32.0 Å². The molecule has 0 saturated carbocycles. The fourth-order valence-electron chi connectivity index (χ4n) is 2.85. The molecule has 2 aromatic carbocycles. The van der Waals surface area contributed by atoms with E-state index in [2.05, 4.69) is 19.2 Å². The number of para-hydroxylation sites is 1. The number of amides is 1. The van der Waals surface area contributed by atoms with Crippen LogP contribution in [-0.4, -0.2) is 24.1 Å². The Morgan fingerprint density at radius 1 is 0.929 bits per heavy atom. The Bertz CT molecular complexity index is 790. The molecule has 0 spiro atoms. The lowest BCUT2D eigenvalue weighted by Crippen LogP contribution is -2.28. The summed E-state index contributed by atoms with van der Waals surface area (Å²) in [7, 11) is 0. The number of hydrogen-bond acceptors (Lipinski definition) is 4. The number of hydrogen-bond donors (Lipinski definition) is 1. The summed E-state index contributed by atoms with van der Waals surface area (Å²) < 4.78 is 10.7. The molecule has 5 nitrogen and oxygen atoms in total. The summed E-state index contributed by atoms with van der Waals surface area (Å²) in [4.78, 5) is 24.5. The lowest BCUT2D eigenvalue weighted by molar-refractivity contribution is -0.154. The van der Waals surface area contributed by atoms with Gasteiger partial charge in [0.05, 0.1) is 6.10 Å². The van der Waals surface area contributed by atoms with Gasteiger partial charge in [-0.05, 0) is 69.0 Å². The van der Waals surface area contributed by atoms with Crippen LogP contribution < -0.4 is 10.1 Å². The van der Waals surface area contributed by atoms with Gasteiger partial charge >= 0.3 is 5.97 Å². The Balaban J connectivity index is 2.08. The molecule has 0 saturated heterocycles. The molecule has 28 heavy (non-hydrogen) atoms. The average molecular weight is 383 g/mol. The largest absolute Gasteiger partial charge is 0.479 e. The Labute approximate surface area is 167 Å². The topological polar surface area (TPSA) is 64.6 Å². The molecule has 5 heteroatoms. The molecule has 2 rings (SSSR count). The summed E-state index contributed by atoms with van der Waals surface area (Å²) in [6, 6.07) is 12.8. The van der Waals surface area contributed by atoms with Crippen LogP contribution in [-0.2, 0) is 22.4 Å². The molecular weight excluding hydrogens is 354 g/mol. The van der Waals surface area contributed by atoms with Crippen LogP contribution in [0, 0.1) is 0 Å². The predicted molar refractivity (Wildman–Crippen MR) is 111 cm³/mol. The summed E-state index contributed by atoms with van der Waals surface area (Å²) in [6.45, 7) is 9.36. The van der Waals surface area contributed by atoms with Crippen molar-refractivity contribution in [3.05, 3.63) is 59.2 Å². The van der Waals surface area contributed by atoms with E-state index in [4.69, 9.17) is 9.47 Å². The zero-order chi connectivity index (χ0) is 20.7. The van der Waals surface area contributed by atoms with Crippen LogP contribution in [0.3, 0.4) is 0 Å². The number of nitrogens with one attached hydrogen (secondary N) is 1. The van der Waals surface area contributed by atoms with E-state index in [0.717, 1.165) is 29.7 Å². The number of rotatable bonds is 8. The zero-order valence-electron chi connectivity index (χ0n) is 17.2. The first kappa shape index (κ1) is 21.5. The van der Waals surface area contributed by atoms with Gasteiger partial charge in [-0.25, -0.2) is 4.79 Å². The smallest absolute Gasteiger partial charge is 0.347 e. The van der Waals surface area contributed by atoms with E-state index in [1.807, 2.05) is 18.2 Å². The lowest BCUT2D eigenvalue weighted by atomic mass is 10.0. The highest BCUT2D eigenvalue weighted by atomic mass is 16.6. The van der Waals surface area contributed by atoms with Gasteiger partial charge in [0.1, 0.15) is 5.75 Å². The van der Waals surface area contributed by atoms with Crippen molar-refractivity contribution in [1.29, 1.82) is 0 Å². The van der Waals surface area contributed by atoms with E-state index in [1.165, 1.54) is 0 Å². The third-order valence-corrected chi connectivity index (χ3v) is 4.35. The van der Waals surface area contributed by atoms with Gasteiger partial charge in [-0.15, -0.1) is 0 Å². The quantitative estimate of drug-likeness (QED) is 0.666. The van der Waals surface area contributed by atoms with Gasteiger partial charge < -0.3 is 14.8 Å². The predicted octanol–water partition coefficient (Wildman–Crippen LogP) is 4.78. The molecule has 0 heterocycles. The second-order valence-corrected chi connectivity index (χ2v) is 6.88. The molecule has 1 atom stereocenters. The van der Waals surface area contributed by atoms with Gasteiger partial charge in [0.15, 0.2) is 6.10 Å². The van der Waals surface area contributed by atoms with Crippen LogP contribution in [0.5, 0.6) is 5.75 Å². The Hall–Kier alpha value is -2.82. The van der Waals surface area contributed by atoms with Crippen LogP contribution in [0.1, 0.15) is 56.1 Å². The number of benzene rings is 2. The van der Waals surface area contributed by atoms with E-state index in [-0.39, 0.29) is 12.0 Å². The maximum atomic E-state index is 12.7. The molecule has 0 radical (unpaired) electrons. The molecule has 0 aliphatic rings. The maximum absolute atomic E-state index is 12.7. The van der Waals surface area contributed by atoms with Crippen molar-refractivity contribution in [3.8, 4) is 5.75 Å². The summed E-state index contributed by atoms with van der Waals surface area (Å²) >= 11 is 0. The van der Waals surface area contributed by atoms with Crippen molar-refractivity contribution in [1.82, 2.24) is 0 Å². The third-order valence-electron chi connectivity index (χ3n) is 4.35. The van der Waals surface area contributed by atoms with E-state index >= 15 is 0 Å². The highest BCUT2D eigenvalue weighted by Gasteiger charge is 2.18. The summed E-state index contributed by atoms with van der Waals surface area (Å²) in [5.41, 5.74) is 3.65. The second kappa shape index (κ2) is 9.93. The van der Waals surface area contributed by atoms with Crippen LogP contribution in [0.2, 0.25) is 0 Å². The fraction of sp³-hybridized carbons (Fsp3) is 0.391. The van der Waals surface area contributed by atoms with Gasteiger partial charge in [0, 0.05) is 11.3 Å². The molecule has 0 unspecified atom stereocenters.